The molecule has 0 saturated heterocycles. The lowest BCUT2D eigenvalue weighted by molar-refractivity contribution is 0.00190. The molecule has 2 aliphatic rings. The Balaban J connectivity index is 1.49. The van der Waals surface area contributed by atoms with E-state index in [1.165, 1.54) is 16.0 Å². The molecular weight excluding hydrogens is 408 g/mol. The topological polar surface area (TPSA) is 87.2 Å². The zero-order valence-corrected chi connectivity index (χ0v) is 18.6. The SMILES string of the molecule is CC(C)(C)OC(=O)N(C[C@@H](O)CN1C(=O)c2ccccc2C1=O)C1Cc2ccccc2C1. The maximum absolute atomic E-state index is 13.0. The Labute approximate surface area is 187 Å². The molecule has 0 radical (unpaired) electrons. The average molecular weight is 437 g/mol. The molecule has 0 saturated carbocycles. The van der Waals surface area contributed by atoms with Crippen molar-refractivity contribution in [2.75, 3.05) is 13.1 Å². The Bertz CT molecular complexity index is 998. The largest absolute Gasteiger partial charge is 0.444 e. The fraction of sp³-hybridized carbons (Fsp3) is 0.400. The third-order valence-electron chi connectivity index (χ3n) is 5.78. The summed E-state index contributed by atoms with van der Waals surface area (Å²) in [6, 6.07) is 14.5. The number of hydrogen-bond donors (Lipinski definition) is 1. The van der Waals surface area contributed by atoms with Crippen LogP contribution in [0.15, 0.2) is 48.5 Å². The molecule has 1 atom stereocenters. The number of nitrogens with zero attached hydrogens (tertiary/aromatic N) is 2. The number of hydrogen-bond acceptors (Lipinski definition) is 5. The summed E-state index contributed by atoms with van der Waals surface area (Å²) in [5.74, 6) is -0.858. The first kappa shape index (κ1) is 22.0. The second-order valence-electron chi connectivity index (χ2n) is 9.38. The molecule has 0 aromatic heterocycles. The van der Waals surface area contributed by atoms with E-state index < -0.39 is 29.6 Å². The van der Waals surface area contributed by atoms with Crippen molar-refractivity contribution in [1.29, 1.82) is 0 Å². The van der Waals surface area contributed by atoms with E-state index in [1.54, 1.807) is 45.0 Å². The van der Waals surface area contributed by atoms with Crippen LogP contribution in [0.25, 0.3) is 0 Å². The summed E-state index contributed by atoms with van der Waals surface area (Å²) in [5, 5.41) is 10.8. The number of rotatable bonds is 5. The summed E-state index contributed by atoms with van der Waals surface area (Å²) < 4.78 is 5.60. The predicted octanol–water partition coefficient (Wildman–Crippen LogP) is 3.05. The highest BCUT2D eigenvalue weighted by Gasteiger charge is 2.38. The number of aliphatic hydroxyl groups is 1. The number of aliphatic hydroxyl groups excluding tert-OH is 1. The van der Waals surface area contributed by atoms with E-state index in [9.17, 15) is 19.5 Å². The van der Waals surface area contributed by atoms with Gasteiger partial charge in [-0.05, 0) is 56.9 Å². The van der Waals surface area contributed by atoms with E-state index >= 15 is 0 Å². The Morgan fingerprint density at radius 2 is 1.53 bits per heavy atom. The van der Waals surface area contributed by atoms with Gasteiger partial charge in [0.25, 0.3) is 11.8 Å². The van der Waals surface area contributed by atoms with Gasteiger partial charge in [0, 0.05) is 6.04 Å². The summed E-state index contributed by atoms with van der Waals surface area (Å²) in [5.41, 5.74) is 2.32. The van der Waals surface area contributed by atoms with Gasteiger partial charge in [-0.3, -0.25) is 14.5 Å². The van der Waals surface area contributed by atoms with Gasteiger partial charge in [0.05, 0.1) is 30.3 Å². The van der Waals surface area contributed by atoms with Crippen molar-refractivity contribution in [2.24, 2.45) is 0 Å². The van der Waals surface area contributed by atoms with Gasteiger partial charge in [-0.15, -0.1) is 0 Å². The van der Waals surface area contributed by atoms with Crippen LogP contribution in [0.2, 0.25) is 0 Å². The number of fused-ring (bicyclic) bond motifs is 2. The quantitative estimate of drug-likeness (QED) is 0.728. The predicted molar refractivity (Wildman–Crippen MR) is 118 cm³/mol. The molecule has 32 heavy (non-hydrogen) atoms. The van der Waals surface area contributed by atoms with Gasteiger partial charge in [0.2, 0.25) is 0 Å². The van der Waals surface area contributed by atoms with Gasteiger partial charge in [0.1, 0.15) is 5.60 Å². The van der Waals surface area contributed by atoms with Crippen LogP contribution in [0.3, 0.4) is 0 Å². The number of imide groups is 1. The first-order valence-electron chi connectivity index (χ1n) is 10.8. The number of ether oxygens (including phenoxy) is 1. The van der Waals surface area contributed by atoms with Gasteiger partial charge in [-0.25, -0.2) is 4.79 Å². The van der Waals surface area contributed by atoms with Crippen LogP contribution in [0.4, 0.5) is 4.79 Å². The smallest absolute Gasteiger partial charge is 0.410 e. The van der Waals surface area contributed by atoms with Crippen molar-refractivity contribution < 1.29 is 24.2 Å². The second kappa shape index (κ2) is 8.39. The molecule has 1 aliphatic heterocycles. The summed E-state index contributed by atoms with van der Waals surface area (Å²) in [7, 11) is 0. The summed E-state index contributed by atoms with van der Waals surface area (Å²) in [4.78, 5) is 40.9. The monoisotopic (exact) mass is 436 g/mol. The molecule has 1 N–H and O–H groups in total. The lowest BCUT2D eigenvalue weighted by Gasteiger charge is -2.33. The third-order valence-corrected chi connectivity index (χ3v) is 5.78. The minimum Gasteiger partial charge on any atom is -0.444 e. The molecule has 0 spiro atoms. The molecule has 2 aromatic carbocycles. The lowest BCUT2D eigenvalue weighted by atomic mass is 10.1. The van der Waals surface area contributed by atoms with E-state index in [-0.39, 0.29) is 19.1 Å². The fourth-order valence-electron chi connectivity index (χ4n) is 4.35. The summed E-state index contributed by atoms with van der Waals surface area (Å²) in [6.07, 6.45) is -0.297. The van der Waals surface area contributed by atoms with Gasteiger partial charge in [0.15, 0.2) is 0 Å². The van der Waals surface area contributed by atoms with Crippen molar-refractivity contribution in [2.45, 2.75) is 51.4 Å². The molecule has 1 heterocycles. The van der Waals surface area contributed by atoms with Crippen molar-refractivity contribution in [1.82, 2.24) is 9.80 Å². The molecular formula is C25H28N2O5. The minimum atomic E-state index is -1.10. The highest BCUT2D eigenvalue weighted by atomic mass is 16.6. The standard InChI is InChI=1S/C25H28N2O5/c1-25(2,3)32-24(31)26(18-12-16-8-4-5-9-17(16)13-18)14-19(28)15-27-22(29)20-10-6-7-11-21(20)23(27)30/h4-11,18-19,28H,12-15H2,1-3H3/t19-/m1/s1. The van der Waals surface area contributed by atoms with E-state index in [0.29, 0.717) is 24.0 Å². The number of amides is 3. The number of carbonyl (C=O) groups is 3. The van der Waals surface area contributed by atoms with Crippen LogP contribution >= 0.6 is 0 Å². The molecule has 0 bridgehead atoms. The highest BCUT2D eigenvalue weighted by molar-refractivity contribution is 6.21. The Morgan fingerprint density at radius 1 is 1.03 bits per heavy atom. The van der Waals surface area contributed by atoms with Crippen LogP contribution in [-0.2, 0) is 17.6 Å². The maximum Gasteiger partial charge on any atom is 0.410 e. The zero-order valence-electron chi connectivity index (χ0n) is 18.6. The molecule has 4 rings (SSSR count). The van der Waals surface area contributed by atoms with Crippen LogP contribution in [0.5, 0.6) is 0 Å². The lowest BCUT2D eigenvalue weighted by Crippen LogP contribution is -2.50. The summed E-state index contributed by atoms with van der Waals surface area (Å²) in [6.45, 7) is 5.15. The van der Waals surface area contributed by atoms with E-state index in [2.05, 4.69) is 0 Å². The van der Waals surface area contributed by atoms with Crippen molar-refractivity contribution in [3.05, 3.63) is 70.8 Å². The van der Waals surface area contributed by atoms with Gasteiger partial charge in [-0.2, -0.15) is 0 Å². The van der Waals surface area contributed by atoms with Crippen LogP contribution in [0.1, 0.15) is 52.6 Å². The van der Waals surface area contributed by atoms with Gasteiger partial charge < -0.3 is 14.7 Å². The summed E-state index contributed by atoms with van der Waals surface area (Å²) >= 11 is 0. The average Bonchev–Trinajstić information content (AvgIpc) is 3.26. The number of benzene rings is 2. The zero-order chi connectivity index (χ0) is 23.0. The molecule has 2 aromatic rings. The van der Waals surface area contributed by atoms with Crippen molar-refractivity contribution >= 4 is 17.9 Å². The number of carbonyl (C=O) groups excluding carboxylic acids is 3. The van der Waals surface area contributed by atoms with Crippen molar-refractivity contribution in [3.8, 4) is 0 Å². The normalized spacial score (nSPS) is 16.7. The number of β-amino-alcohol motifs (C(OH)–C–C–N with tert-alkyl or cyclic N) is 1. The van der Waals surface area contributed by atoms with E-state index in [4.69, 9.17) is 4.74 Å². The highest BCUT2D eigenvalue weighted by Crippen LogP contribution is 2.28. The van der Waals surface area contributed by atoms with Crippen molar-refractivity contribution in [3.63, 3.8) is 0 Å². The van der Waals surface area contributed by atoms with E-state index in [0.717, 1.165) is 4.90 Å². The first-order chi connectivity index (χ1) is 15.1. The molecule has 7 nitrogen and oxygen atoms in total. The first-order valence-corrected chi connectivity index (χ1v) is 10.8. The molecule has 168 valence electrons. The van der Waals surface area contributed by atoms with Gasteiger partial charge in [-0.1, -0.05) is 36.4 Å². The fourth-order valence-corrected chi connectivity index (χ4v) is 4.35. The van der Waals surface area contributed by atoms with E-state index in [1.807, 2.05) is 24.3 Å². The maximum atomic E-state index is 13.0. The molecule has 3 amide bonds. The van der Waals surface area contributed by atoms with Crippen LogP contribution in [0, 0.1) is 0 Å². The third kappa shape index (κ3) is 4.39. The minimum absolute atomic E-state index is 0.0407. The van der Waals surface area contributed by atoms with Gasteiger partial charge >= 0.3 is 6.09 Å². The molecule has 0 unspecified atom stereocenters. The Morgan fingerprint density at radius 3 is 2.03 bits per heavy atom. The van der Waals surface area contributed by atoms with Crippen LogP contribution in [-0.4, -0.2) is 63.7 Å². The Hall–Kier alpha value is -3.19. The second-order valence-corrected chi connectivity index (χ2v) is 9.38. The molecule has 7 heteroatoms. The molecule has 0 fully saturated rings. The molecule has 1 aliphatic carbocycles. The Kier molecular flexibility index (Phi) is 5.77. The van der Waals surface area contributed by atoms with Crippen LogP contribution < -0.4 is 0 Å².